The van der Waals surface area contributed by atoms with Crippen LogP contribution in [-0.4, -0.2) is 47.4 Å². The lowest BCUT2D eigenvalue weighted by atomic mass is 10.0. The SMILES string of the molecule is Cc1noc(C)c1-c1c(F)c(F)c(Nc2cccc(CN3CCCOCC3)c2C(=O)O)c(F)c1F. The summed E-state index contributed by atoms with van der Waals surface area (Å²) in [7, 11) is 0. The minimum Gasteiger partial charge on any atom is -0.478 e. The third kappa shape index (κ3) is 4.73. The summed E-state index contributed by atoms with van der Waals surface area (Å²) in [6.07, 6.45) is 0.771. The Kier molecular flexibility index (Phi) is 7.08. The topological polar surface area (TPSA) is 87.8 Å². The van der Waals surface area contributed by atoms with Crippen LogP contribution in [0.1, 0.15) is 33.8 Å². The minimum absolute atomic E-state index is 0.0143. The van der Waals surface area contributed by atoms with Crippen LogP contribution in [0.4, 0.5) is 28.9 Å². The third-order valence-electron chi connectivity index (χ3n) is 5.88. The summed E-state index contributed by atoms with van der Waals surface area (Å²) in [5.74, 6) is -8.09. The van der Waals surface area contributed by atoms with Crippen molar-refractivity contribution in [2.45, 2.75) is 26.8 Å². The maximum Gasteiger partial charge on any atom is 0.338 e. The van der Waals surface area contributed by atoms with Crippen molar-refractivity contribution in [2.24, 2.45) is 0 Å². The van der Waals surface area contributed by atoms with Crippen molar-refractivity contribution in [3.63, 3.8) is 0 Å². The molecule has 35 heavy (non-hydrogen) atoms. The Hall–Kier alpha value is -3.44. The van der Waals surface area contributed by atoms with Crippen molar-refractivity contribution >= 4 is 17.3 Å². The summed E-state index contributed by atoms with van der Waals surface area (Å²) in [6.45, 7) is 5.35. The number of aromatic carboxylic acids is 1. The number of nitrogens with one attached hydrogen (secondary N) is 1. The molecule has 0 amide bonds. The lowest BCUT2D eigenvalue weighted by molar-refractivity contribution is 0.0695. The van der Waals surface area contributed by atoms with E-state index in [1.165, 1.54) is 26.0 Å². The standard InChI is InChI=1S/C24H23F4N3O4/c1-12-16(13(2)35-30-12)18-19(25)21(27)23(22(28)20(18)26)29-15-6-3-5-14(17(15)24(32)33)11-31-7-4-9-34-10-8-31/h3,5-6,29H,4,7-11H2,1-2H3,(H,32,33). The van der Waals surface area contributed by atoms with Crippen LogP contribution in [0.3, 0.4) is 0 Å². The third-order valence-corrected chi connectivity index (χ3v) is 5.88. The molecule has 0 spiro atoms. The number of carbonyl (C=O) groups is 1. The molecule has 1 aromatic heterocycles. The minimum atomic E-state index is -1.70. The van der Waals surface area contributed by atoms with E-state index < -0.39 is 40.5 Å². The van der Waals surface area contributed by atoms with Crippen LogP contribution in [0, 0.1) is 37.1 Å². The number of aryl methyl sites for hydroxylation is 2. The smallest absolute Gasteiger partial charge is 0.338 e. The molecule has 0 saturated carbocycles. The average molecular weight is 493 g/mol. The molecule has 4 rings (SSSR count). The van der Waals surface area contributed by atoms with Gasteiger partial charge in [-0.3, -0.25) is 4.90 Å². The lowest BCUT2D eigenvalue weighted by Gasteiger charge is -2.22. The summed E-state index contributed by atoms with van der Waals surface area (Å²) in [5.41, 5.74) is -2.32. The van der Waals surface area contributed by atoms with E-state index in [-0.39, 0.29) is 34.8 Å². The molecular formula is C24H23F4N3O4. The molecule has 1 aliphatic heterocycles. The van der Waals surface area contributed by atoms with Crippen molar-refractivity contribution in [3.05, 3.63) is 64.0 Å². The number of ether oxygens (including phenoxy) is 1. The molecule has 0 bridgehead atoms. The summed E-state index contributed by atoms with van der Waals surface area (Å²) in [5, 5.41) is 15.7. The van der Waals surface area contributed by atoms with Crippen molar-refractivity contribution in [1.82, 2.24) is 10.1 Å². The second-order valence-corrected chi connectivity index (χ2v) is 8.22. The molecule has 7 nitrogen and oxygen atoms in total. The Bertz CT molecular complexity index is 1220. The predicted octanol–water partition coefficient (Wildman–Crippen LogP) is 5.18. The van der Waals surface area contributed by atoms with Gasteiger partial charge in [0.15, 0.2) is 23.3 Å². The van der Waals surface area contributed by atoms with Crippen LogP contribution >= 0.6 is 0 Å². The van der Waals surface area contributed by atoms with Crippen molar-refractivity contribution in [2.75, 3.05) is 31.6 Å². The zero-order chi connectivity index (χ0) is 25.3. The Morgan fingerprint density at radius 3 is 2.40 bits per heavy atom. The van der Waals surface area contributed by atoms with Gasteiger partial charge in [-0.25, -0.2) is 22.4 Å². The second-order valence-electron chi connectivity index (χ2n) is 8.22. The molecule has 0 aliphatic carbocycles. The molecule has 0 radical (unpaired) electrons. The Labute approximate surface area is 198 Å². The van der Waals surface area contributed by atoms with Gasteiger partial charge in [0.2, 0.25) is 0 Å². The number of carboxylic acids is 1. The van der Waals surface area contributed by atoms with E-state index in [2.05, 4.69) is 10.5 Å². The summed E-state index contributed by atoms with van der Waals surface area (Å²) in [4.78, 5) is 14.1. The summed E-state index contributed by atoms with van der Waals surface area (Å²) < 4.78 is 70.3. The second kappa shape index (κ2) is 10.0. The molecule has 2 N–H and O–H groups in total. The zero-order valence-corrected chi connectivity index (χ0v) is 19.1. The van der Waals surface area contributed by atoms with E-state index >= 15 is 8.78 Å². The van der Waals surface area contributed by atoms with E-state index in [1.54, 1.807) is 6.07 Å². The number of rotatable bonds is 6. The molecule has 1 saturated heterocycles. The monoisotopic (exact) mass is 493 g/mol. The highest BCUT2D eigenvalue weighted by Crippen LogP contribution is 2.39. The Morgan fingerprint density at radius 2 is 1.77 bits per heavy atom. The van der Waals surface area contributed by atoms with Crippen molar-refractivity contribution in [3.8, 4) is 11.1 Å². The first-order valence-corrected chi connectivity index (χ1v) is 10.9. The number of benzene rings is 2. The number of aromatic nitrogens is 1. The van der Waals surface area contributed by atoms with E-state index in [4.69, 9.17) is 9.26 Å². The normalized spacial score (nSPS) is 14.7. The van der Waals surface area contributed by atoms with Crippen molar-refractivity contribution < 1.29 is 36.7 Å². The lowest BCUT2D eigenvalue weighted by Crippen LogP contribution is -2.27. The van der Waals surface area contributed by atoms with Gasteiger partial charge in [0.05, 0.1) is 34.7 Å². The number of carboxylic acid groups (broad SMARTS) is 1. The van der Waals surface area contributed by atoms with Gasteiger partial charge in [0.25, 0.3) is 0 Å². The Balaban J connectivity index is 1.76. The molecule has 186 valence electrons. The van der Waals surface area contributed by atoms with Gasteiger partial charge in [-0.2, -0.15) is 0 Å². The molecule has 2 heterocycles. The molecule has 3 aromatic rings. The Morgan fingerprint density at radius 1 is 1.06 bits per heavy atom. The zero-order valence-electron chi connectivity index (χ0n) is 19.1. The first-order chi connectivity index (χ1) is 16.7. The van der Waals surface area contributed by atoms with Gasteiger partial charge in [-0.15, -0.1) is 0 Å². The fourth-order valence-electron chi connectivity index (χ4n) is 4.22. The van der Waals surface area contributed by atoms with Crippen LogP contribution < -0.4 is 5.32 Å². The molecule has 0 unspecified atom stereocenters. The highest BCUT2D eigenvalue weighted by Gasteiger charge is 2.30. The number of hydrogen-bond acceptors (Lipinski definition) is 6. The fourth-order valence-corrected chi connectivity index (χ4v) is 4.22. The van der Waals surface area contributed by atoms with Gasteiger partial charge in [-0.1, -0.05) is 17.3 Å². The first-order valence-electron chi connectivity index (χ1n) is 10.9. The van der Waals surface area contributed by atoms with E-state index in [1.807, 2.05) is 4.90 Å². The molecular weight excluding hydrogens is 470 g/mol. The summed E-state index contributed by atoms with van der Waals surface area (Å²) in [6, 6.07) is 4.35. The molecule has 1 aliphatic rings. The van der Waals surface area contributed by atoms with Gasteiger partial charge >= 0.3 is 5.97 Å². The highest BCUT2D eigenvalue weighted by molar-refractivity contribution is 5.97. The van der Waals surface area contributed by atoms with Crippen LogP contribution in [0.5, 0.6) is 0 Å². The fraction of sp³-hybridized carbons (Fsp3) is 0.333. The number of anilines is 2. The average Bonchev–Trinajstić information content (AvgIpc) is 3.00. The maximum atomic E-state index is 15.0. The van der Waals surface area contributed by atoms with Crippen LogP contribution in [-0.2, 0) is 11.3 Å². The van der Waals surface area contributed by atoms with E-state index in [0.717, 1.165) is 6.42 Å². The summed E-state index contributed by atoms with van der Waals surface area (Å²) >= 11 is 0. The molecule has 2 aromatic carbocycles. The van der Waals surface area contributed by atoms with Gasteiger partial charge < -0.3 is 19.7 Å². The highest BCUT2D eigenvalue weighted by atomic mass is 19.2. The van der Waals surface area contributed by atoms with Crippen LogP contribution in [0.15, 0.2) is 22.7 Å². The number of hydrogen-bond donors (Lipinski definition) is 2. The predicted molar refractivity (Wildman–Crippen MR) is 119 cm³/mol. The number of nitrogens with zero attached hydrogens (tertiary/aromatic N) is 2. The van der Waals surface area contributed by atoms with E-state index in [0.29, 0.717) is 31.9 Å². The van der Waals surface area contributed by atoms with Gasteiger partial charge in [-0.05, 0) is 31.9 Å². The van der Waals surface area contributed by atoms with Gasteiger partial charge in [0, 0.05) is 26.2 Å². The van der Waals surface area contributed by atoms with Crippen LogP contribution in [0.25, 0.3) is 11.1 Å². The van der Waals surface area contributed by atoms with Gasteiger partial charge in [0.1, 0.15) is 11.4 Å². The van der Waals surface area contributed by atoms with E-state index in [9.17, 15) is 18.7 Å². The largest absolute Gasteiger partial charge is 0.478 e. The quantitative estimate of drug-likeness (QED) is 0.361. The first kappa shape index (κ1) is 24.7. The molecule has 11 heteroatoms. The number of halogens is 4. The molecule has 0 atom stereocenters. The molecule has 1 fully saturated rings. The maximum absolute atomic E-state index is 15.0. The van der Waals surface area contributed by atoms with Crippen molar-refractivity contribution in [1.29, 1.82) is 0 Å². The van der Waals surface area contributed by atoms with Crippen LogP contribution in [0.2, 0.25) is 0 Å².